The molecule has 4 aromatic rings. The fourth-order valence-electron chi connectivity index (χ4n) is 3.35. The zero-order chi connectivity index (χ0) is 21.6. The Labute approximate surface area is 182 Å². The van der Waals surface area contributed by atoms with Gasteiger partial charge in [0.15, 0.2) is 0 Å². The molecule has 0 radical (unpaired) electrons. The Morgan fingerprint density at radius 3 is 2.03 bits per heavy atom. The highest BCUT2D eigenvalue weighted by molar-refractivity contribution is 5.89. The van der Waals surface area contributed by atoms with E-state index in [4.69, 9.17) is 4.42 Å². The molecule has 0 unspecified atom stereocenters. The van der Waals surface area contributed by atoms with Crippen molar-refractivity contribution in [3.63, 3.8) is 0 Å². The van der Waals surface area contributed by atoms with Crippen molar-refractivity contribution in [2.75, 3.05) is 0 Å². The van der Waals surface area contributed by atoms with E-state index in [-0.39, 0.29) is 0 Å². The van der Waals surface area contributed by atoms with Crippen LogP contribution in [0, 0.1) is 25.2 Å². The topological polar surface area (TPSA) is 49.3 Å². The summed E-state index contributed by atoms with van der Waals surface area (Å²) in [5.74, 6) is 0.964. The van der Waals surface area contributed by atoms with Gasteiger partial charge in [-0.05, 0) is 31.1 Å². The summed E-state index contributed by atoms with van der Waals surface area (Å²) < 4.78 is 6.15. The van der Waals surface area contributed by atoms with Crippen molar-refractivity contribution in [3.05, 3.63) is 107 Å². The van der Waals surface area contributed by atoms with E-state index in [1.54, 1.807) is 6.21 Å². The summed E-state index contributed by atoms with van der Waals surface area (Å²) in [5.41, 5.74) is 6.45. The molecule has 150 valence electrons. The van der Waals surface area contributed by atoms with Crippen molar-refractivity contribution in [1.29, 1.82) is 5.26 Å². The molecule has 0 bridgehead atoms. The third-order valence-electron chi connectivity index (χ3n) is 5.02. The van der Waals surface area contributed by atoms with E-state index in [2.05, 4.69) is 11.1 Å². The number of nitrogens with zero attached hydrogens (tertiary/aromatic N) is 2. The lowest BCUT2D eigenvalue weighted by Crippen LogP contribution is -1.84. The lowest BCUT2D eigenvalue weighted by molar-refractivity contribution is 0.593. The maximum absolute atomic E-state index is 9.95. The van der Waals surface area contributed by atoms with Gasteiger partial charge in [0.25, 0.3) is 0 Å². The molecule has 1 aromatic heterocycles. The molecule has 3 aromatic carbocycles. The van der Waals surface area contributed by atoms with Crippen molar-refractivity contribution >= 4 is 18.2 Å². The Kier molecular flexibility index (Phi) is 5.91. The number of nitriles is 1. The van der Waals surface area contributed by atoms with Crippen LogP contribution in [0.4, 0.5) is 5.88 Å². The Bertz CT molecular complexity index is 1270. The van der Waals surface area contributed by atoms with Crippen LogP contribution in [-0.2, 0) is 0 Å². The standard InChI is InChI=1S/C28H22N2O/c1-20-10-14-23(15-11-20)26-25(19-29)28(30-18-6-9-22-7-4-3-5-8-22)31-27(26)24-16-12-21(2)13-17-24/h3-18H,1-2H3/b9-6+,30-18?. The monoisotopic (exact) mass is 402 g/mol. The molecule has 0 N–H and O–H groups in total. The molecule has 0 aliphatic rings. The molecule has 0 spiro atoms. The highest BCUT2D eigenvalue weighted by Crippen LogP contribution is 2.42. The summed E-state index contributed by atoms with van der Waals surface area (Å²) in [6.45, 7) is 4.09. The summed E-state index contributed by atoms with van der Waals surface area (Å²) in [5, 5.41) is 9.95. The SMILES string of the molecule is Cc1ccc(-c2oc(N=C/C=C/c3ccccc3)c(C#N)c2-c2ccc(C)cc2)cc1. The third kappa shape index (κ3) is 4.55. The van der Waals surface area contributed by atoms with Gasteiger partial charge in [0.2, 0.25) is 5.88 Å². The van der Waals surface area contributed by atoms with Crippen molar-refractivity contribution in [1.82, 2.24) is 0 Å². The first-order valence-corrected chi connectivity index (χ1v) is 10.1. The maximum Gasteiger partial charge on any atom is 0.238 e. The molecule has 4 rings (SSSR count). The first-order valence-electron chi connectivity index (χ1n) is 10.1. The van der Waals surface area contributed by atoms with Crippen molar-refractivity contribution < 1.29 is 4.42 Å². The molecule has 31 heavy (non-hydrogen) atoms. The van der Waals surface area contributed by atoms with Crippen molar-refractivity contribution in [2.45, 2.75) is 13.8 Å². The zero-order valence-electron chi connectivity index (χ0n) is 17.5. The highest BCUT2D eigenvalue weighted by Gasteiger charge is 2.22. The smallest absolute Gasteiger partial charge is 0.238 e. The maximum atomic E-state index is 9.95. The van der Waals surface area contributed by atoms with Gasteiger partial charge in [0.1, 0.15) is 17.4 Å². The number of aliphatic imine (C=N–C) groups is 1. The molecule has 0 saturated heterocycles. The first-order chi connectivity index (χ1) is 15.2. The highest BCUT2D eigenvalue weighted by atomic mass is 16.4. The average Bonchev–Trinajstić information content (AvgIpc) is 3.17. The second-order valence-electron chi connectivity index (χ2n) is 7.38. The molecule has 0 fully saturated rings. The molecule has 0 atom stereocenters. The molecule has 0 amide bonds. The Balaban J connectivity index is 1.79. The van der Waals surface area contributed by atoms with Crippen molar-refractivity contribution in [3.8, 4) is 28.5 Å². The van der Waals surface area contributed by atoms with Crippen LogP contribution in [0.15, 0.2) is 94.3 Å². The number of furan rings is 1. The van der Waals surface area contributed by atoms with Gasteiger partial charge in [-0.1, -0.05) is 96.1 Å². The van der Waals surface area contributed by atoms with E-state index in [0.29, 0.717) is 17.2 Å². The minimum atomic E-state index is 0.311. The van der Waals surface area contributed by atoms with E-state index in [9.17, 15) is 5.26 Å². The Morgan fingerprint density at radius 1 is 0.806 bits per heavy atom. The molecule has 0 aliphatic carbocycles. The summed E-state index contributed by atoms with van der Waals surface area (Å²) >= 11 is 0. The number of rotatable bonds is 5. The minimum absolute atomic E-state index is 0.311. The van der Waals surface area contributed by atoms with Gasteiger partial charge in [-0.3, -0.25) is 0 Å². The van der Waals surface area contributed by atoms with Crippen LogP contribution in [0.25, 0.3) is 28.5 Å². The quantitative estimate of drug-likeness (QED) is 0.324. The summed E-state index contributed by atoms with van der Waals surface area (Å²) in [7, 11) is 0. The van der Waals surface area contributed by atoms with Crippen LogP contribution in [0.5, 0.6) is 0 Å². The predicted molar refractivity (Wildman–Crippen MR) is 127 cm³/mol. The van der Waals surface area contributed by atoms with E-state index < -0.39 is 0 Å². The van der Waals surface area contributed by atoms with Crippen LogP contribution in [-0.4, -0.2) is 6.21 Å². The fraction of sp³-hybridized carbons (Fsp3) is 0.0714. The number of hydrogen-bond acceptors (Lipinski definition) is 3. The number of allylic oxidation sites excluding steroid dienone is 1. The Morgan fingerprint density at radius 2 is 1.42 bits per heavy atom. The molecular formula is C28H22N2O. The second kappa shape index (κ2) is 9.11. The zero-order valence-corrected chi connectivity index (χ0v) is 17.5. The summed E-state index contributed by atoms with van der Waals surface area (Å²) in [4.78, 5) is 4.46. The third-order valence-corrected chi connectivity index (χ3v) is 5.02. The first kappa shape index (κ1) is 20.1. The second-order valence-corrected chi connectivity index (χ2v) is 7.38. The van der Waals surface area contributed by atoms with Gasteiger partial charge >= 0.3 is 0 Å². The van der Waals surface area contributed by atoms with Gasteiger partial charge in [0, 0.05) is 17.3 Å². The van der Waals surface area contributed by atoms with Crippen molar-refractivity contribution in [2.24, 2.45) is 4.99 Å². The molecule has 3 nitrogen and oxygen atoms in total. The fourth-order valence-corrected chi connectivity index (χ4v) is 3.35. The van der Waals surface area contributed by atoms with E-state index in [0.717, 1.165) is 33.4 Å². The van der Waals surface area contributed by atoms with Gasteiger partial charge in [0.05, 0.1) is 0 Å². The van der Waals surface area contributed by atoms with Crippen LogP contribution in [0.2, 0.25) is 0 Å². The predicted octanol–water partition coefficient (Wildman–Crippen LogP) is 7.52. The normalized spacial score (nSPS) is 11.3. The lowest BCUT2D eigenvalue weighted by Gasteiger charge is -2.05. The lowest BCUT2D eigenvalue weighted by atomic mass is 9.97. The van der Waals surface area contributed by atoms with Gasteiger partial charge < -0.3 is 4.42 Å². The van der Waals surface area contributed by atoms with Crippen LogP contribution in [0.3, 0.4) is 0 Å². The van der Waals surface area contributed by atoms with Crippen LogP contribution in [0.1, 0.15) is 22.3 Å². The largest absolute Gasteiger partial charge is 0.436 e. The molecule has 1 heterocycles. The molecule has 3 heteroatoms. The van der Waals surface area contributed by atoms with Gasteiger partial charge in [-0.15, -0.1) is 0 Å². The molecule has 0 aliphatic heterocycles. The van der Waals surface area contributed by atoms with E-state index in [1.807, 2.05) is 105 Å². The van der Waals surface area contributed by atoms with Crippen LogP contribution >= 0.6 is 0 Å². The average molecular weight is 402 g/mol. The summed E-state index contributed by atoms with van der Waals surface area (Å²) in [6, 6.07) is 28.5. The molecule has 0 saturated carbocycles. The van der Waals surface area contributed by atoms with Gasteiger partial charge in [-0.2, -0.15) is 5.26 Å². The van der Waals surface area contributed by atoms with Crippen LogP contribution < -0.4 is 0 Å². The minimum Gasteiger partial charge on any atom is -0.436 e. The number of aryl methyl sites for hydroxylation is 2. The Hall–Kier alpha value is -4.16. The summed E-state index contributed by atoms with van der Waals surface area (Å²) in [6.07, 6.45) is 5.46. The number of benzene rings is 3. The van der Waals surface area contributed by atoms with Gasteiger partial charge in [-0.25, -0.2) is 4.99 Å². The number of hydrogen-bond donors (Lipinski definition) is 0. The van der Waals surface area contributed by atoms with E-state index in [1.165, 1.54) is 0 Å². The molecular weight excluding hydrogens is 380 g/mol. The van der Waals surface area contributed by atoms with E-state index >= 15 is 0 Å².